The van der Waals surface area contributed by atoms with Crippen LogP contribution in [0.5, 0.6) is 0 Å². The van der Waals surface area contributed by atoms with E-state index in [0.29, 0.717) is 37.0 Å². The molecule has 4 rings (SSSR count). The third kappa shape index (κ3) is 9.81. The van der Waals surface area contributed by atoms with Crippen molar-refractivity contribution in [2.24, 2.45) is 22.2 Å². The van der Waals surface area contributed by atoms with Gasteiger partial charge >= 0.3 is 24.4 Å². The number of halogens is 6. The van der Waals surface area contributed by atoms with Crippen molar-refractivity contribution in [3.05, 3.63) is 70.8 Å². The van der Waals surface area contributed by atoms with E-state index in [9.17, 15) is 40.7 Å². The quantitative estimate of drug-likeness (QED) is 0.0612. The maximum Gasteiger partial charge on any atom is 0.416 e. The minimum atomic E-state index is -5.06. The summed E-state index contributed by atoms with van der Waals surface area (Å²) in [5, 5.41) is 2.93. The number of nitrogens with zero attached hydrogens (tertiary/aromatic N) is 2. The number of aliphatic imine (C=N–C) groups is 1. The Morgan fingerprint density at radius 1 is 0.980 bits per heavy atom. The van der Waals surface area contributed by atoms with Gasteiger partial charge in [0.1, 0.15) is 6.04 Å². The average Bonchev–Trinajstić information content (AvgIpc) is 3.44. The second-order valence-corrected chi connectivity index (χ2v) is 12.7. The minimum Gasteiger partial charge on any atom is -0.427 e. The van der Waals surface area contributed by atoms with E-state index >= 15 is 0 Å². The number of likely N-dealkylation sites (tertiary alicyclic amines) is 1. The Bertz CT molecular complexity index is 1560. The number of ether oxygens (including phenoxy) is 3. The molecule has 2 aliphatic heterocycles. The number of rotatable bonds is 12. The van der Waals surface area contributed by atoms with Gasteiger partial charge in [-0.15, -0.1) is 0 Å². The third-order valence-electron chi connectivity index (χ3n) is 9.07. The second-order valence-electron chi connectivity index (χ2n) is 12.7. The fourth-order valence-corrected chi connectivity index (χ4v) is 6.25. The van der Waals surface area contributed by atoms with Crippen LogP contribution >= 0.6 is 0 Å². The van der Waals surface area contributed by atoms with E-state index in [1.165, 1.54) is 11.8 Å². The van der Waals surface area contributed by atoms with Crippen LogP contribution in [0.15, 0.2) is 53.5 Å². The maximum absolute atomic E-state index is 13.9. The van der Waals surface area contributed by atoms with Gasteiger partial charge in [-0.05, 0) is 68.4 Å². The highest BCUT2D eigenvalue weighted by Gasteiger charge is 2.54. The fraction of sp³-hybridized carbons (Fsp3) is 0.515. The van der Waals surface area contributed by atoms with Crippen molar-refractivity contribution in [1.29, 1.82) is 0 Å². The summed E-state index contributed by atoms with van der Waals surface area (Å²) in [6, 6.07) is 8.59. The minimum absolute atomic E-state index is 0.0301. The van der Waals surface area contributed by atoms with E-state index in [4.69, 9.17) is 31.4 Å². The molecule has 0 saturated carbocycles. The molecular formula is C33H40F6N6O6. The lowest BCUT2D eigenvalue weighted by atomic mass is 9.74. The molecule has 2 fully saturated rings. The zero-order chi connectivity index (χ0) is 37.6. The molecule has 0 aromatic heterocycles. The summed E-state index contributed by atoms with van der Waals surface area (Å²) in [6.07, 6.45) is -10.8. The number of amides is 2. The molecule has 51 heavy (non-hydrogen) atoms. The molecule has 2 aromatic carbocycles. The Morgan fingerprint density at radius 2 is 1.63 bits per heavy atom. The first-order valence-corrected chi connectivity index (χ1v) is 16.0. The number of carbonyl (C=O) groups is 3. The van der Waals surface area contributed by atoms with E-state index in [2.05, 4.69) is 10.3 Å². The number of piperidine rings is 1. The van der Waals surface area contributed by atoms with Crippen LogP contribution < -0.4 is 22.5 Å². The molecule has 2 aliphatic rings. The number of alkyl halides is 6. The molecule has 2 saturated heterocycles. The molecular weight excluding hydrogens is 690 g/mol. The highest BCUT2D eigenvalue weighted by atomic mass is 19.4. The highest BCUT2D eigenvalue weighted by Crippen LogP contribution is 2.45. The number of carbonyl (C=O) groups excluding carboxylic acids is 3. The topological polar surface area (TPSA) is 185 Å². The standard InChI is InChI=1S/C33H40F6N6O6/c1-20(21-14-23(32(34,35)36)16-24(15-21)33(37,38)39)49-18-31(22-6-3-2-4-7-22)12-11-30(10-9-26(46)44-30)17-45(31)29(48)51-19-50-27(47)25(40)8-5-13-43-28(41)42/h2-4,6-7,14-16,20,25H,5,8-13,17-19,40H2,1H3,(H,44,46)(H4,41,42,43)/t20-,25?,30-,31-/m1/s1. The number of nitrogens with one attached hydrogen (secondary N) is 1. The molecule has 2 amide bonds. The van der Waals surface area contributed by atoms with E-state index in [0.717, 1.165) is 0 Å². The van der Waals surface area contributed by atoms with Crippen molar-refractivity contribution in [3.63, 3.8) is 0 Å². The van der Waals surface area contributed by atoms with Gasteiger partial charge in [0.25, 0.3) is 0 Å². The lowest BCUT2D eigenvalue weighted by Gasteiger charge is -2.52. The molecule has 4 atom stereocenters. The molecule has 18 heteroatoms. The monoisotopic (exact) mass is 730 g/mol. The van der Waals surface area contributed by atoms with E-state index < -0.39 is 72.2 Å². The fourth-order valence-electron chi connectivity index (χ4n) is 6.25. The second kappa shape index (κ2) is 15.8. The molecule has 280 valence electrons. The normalized spacial score (nSPS) is 21.9. The van der Waals surface area contributed by atoms with Crippen LogP contribution in [0.25, 0.3) is 0 Å². The van der Waals surface area contributed by atoms with Gasteiger partial charge in [0, 0.05) is 19.5 Å². The van der Waals surface area contributed by atoms with Gasteiger partial charge in [0.05, 0.1) is 34.9 Å². The van der Waals surface area contributed by atoms with Crippen molar-refractivity contribution in [2.75, 3.05) is 26.5 Å². The maximum atomic E-state index is 13.9. The van der Waals surface area contributed by atoms with Crippen LogP contribution in [0.3, 0.4) is 0 Å². The van der Waals surface area contributed by atoms with Gasteiger partial charge in [-0.2, -0.15) is 26.3 Å². The number of esters is 1. The number of guanidine groups is 1. The molecule has 7 N–H and O–H groups in total. The Balaban J connectivity index is 1.60. The Kier molecular flexibility index (Phi) is 12.1. The SMILES string of the molecule is C[C@@H](OC[C@@]1(c2ccccc2)CC[C@]2(CCC(=O)N2)CN1C(=O)OCOC(=O)C(N)CCCN=C(N)N)c1cc(C(F)(F)F)cc(C(F)(F)F)c1. The van der Waals surface area contributed by atoms with Gasteiger partial charge in [-0.3, -0.25) is 19.5 Å². The first-order valence-electron chi connectivity index (χ1n) is 16.0. The molecule has 0 bridgehead atoms. The number of benzene rings is 2. The van der Waals surface area contributed by atoms with Crippen LogP contribution in [0, 0.1) is 0 Å². The van der Waals surface area contributed by atoms with Crippen molar-refractivity contribution in [3.8, 4) is 0 Å². The first-order chi connectivity index (χ1) is 23.8. The first kappa shape index (κ1) is 39.2. The van der Waals surface area contributed by atoms with E-state index in [1.54, 1.807) is 30.3 Å². The lowest BCUT2D eigenvalue weighted by Crippen LogP contribution is -2.65. The van der Waals surface area contributed by atoms with Gasteiger partial charge in [-0.25, -0.2) is 4.79 Å². The van der Waals surface area contributed by atoms with Gasteiger partial charge in [-0.1, -0.05) is 30.3 Å². The molecule has 2 aromatic rings. The summed E-state index contributed by atoms with van der Waals surface area (Å²) in [5.74, 6) is -1.21. The van der Waals surface area contributed by atoms with E-state index in [-0.39, 0.29) is 55.8 Å². The van der Waals surface area contributed by atoms with Crippen LogP contribution in [0.4, 0.5) is 31.1 Å². The summed E-state index contributed by atoms with van der Waals surface area (Å²) in [4.78, 5) is 43.7. The molecule has 1 unspecified atom stereocenters. The van der Waals surface area contributed by atoms with Crippen molar-refractivity contribution in [2.45, 2.75) is 81.0 Å². The number of hydrogen-bond acceptors (Lipinski definition) is 8. The predicted octanol–water partition coefficient (Wildman–Crippen LogP) is 4.46. The molecule has 2 heterocycles. The smallest absolute Gasteiger partial charge is 0.416 e. The lowest BCUT2D eigenvalue weighted by molar-refractivity contribution is -0.156. The van der Waals surface area contributed by atoms with Crippen molar-refractivity contribution >= 4 is 23.9 Å². The Labute approximate surface area is 289 Å². The number of nitrogens with two attached hydrogens (primary N) is 3. The van der Waals surface area contributed by atoms with Crippen LogP contribution in [-0.4, -0.2) is 66.9 Å². The molecule has 1 spiro atoms. The Hall–Kier alpha value is -4.58. The molecule has 0 aliphatic carbocycles. The summed E-state index contributed by atoms with van der Waals surface area (Å²) >= 11 is 0. The molecule has 0 radical (unpaired) electrons. The zero-order valence-electron chi connectivity index (χ0n) is 27.7. The summed E-state index contributed by atoms with van der Waals surface area (Å²) in [5.41, 5.74) is 11.3. The van der Waals surface area contributed by atoms with Gasteiger partial charge in [0.2, 0.25) is 12.7 Å². The van der Waals surface area contributed by atoms with Gasteiger partial charge in [0.15, 0.2) is 5.96 Å². The highest BCUT2D eigenvalue weighted by molar-refractivity contribution is 5.80. The van der Waals surface area contributed by atoms with Gasteiger partial charge < -0.3 is 36.7 Å². The largest absolute Gasteiger partial charge is 0.427 e. The Morgan fingerprint density at radius 3 is 2.20 bits per heavy atom. The van der Waals surface area contributed by atoms with E-state index in [1.807, 2.05) is 0 Å². The zero-order valence-corrected chi connectivity index (χ0v) is 27.7. The number of hydrogen-bond donors (Lipinski definition) is 4. The summed E-state index contributed by atoms with van der Waals surface area (Å²) < 4.78 is 98.2. The predicted molar refractivity (Wildman–Crippen MR) is 170 cm³/mol. The summed E-state index contributed by atoms with van der Waals surface area (Å²) in [7, 11) is 0. The van der Waals surface area contributed by atoms with Crippen molar-refractivity contribution in [1.82, 2.24) is 10.2 Å². The average molecular weight is 731 g/mol. The van der Waals surface area contributed by atoms with Crippen LogP contribution in [0.1, 0.15) is 73.8 Å². The van der Waals surface area contributed by atoms with Crippen LogP contribution in [-0.2, 0) is 41.7 Å². The summed E-state index contributed by atoms with van der Waals surface area (Å²) in [6.45, 7) is 0.213. The third-order valence-corrected chi connectivity index (χ3v) is 9.07. The van der Waals surface area contributed by atoms with Crippen molar-refractivity contribution < 1.29 is 54.9 Å². The molecule has 12 nitrogen and oxygen atoms in total. The van der Waals surface area contributed by atoms with Crippen LogP contribution in [0.2, 0.25) is 0 Å².